The lowest BCUT2D eigenvalue weighted by molar-refractivity contribution is -0.217. The summed E-state index contributed by atoms with van der Waals surface area (Å²) in [5.74, 6) is 1.16. The van der Waals surface area contributed by atoms with Gasteiger partial charge in [0.15, 0.2) is 0 Å². The predicted octanol–water partition coefficient (Wildman–Crippen LogP) is 2.36. The molecule has 0 unspecified atom stereocenters. The Morgan fingerprint density at radius 1 is 1.22 bits per heavy atom. The molecular weight excluding hydrogens is 230 g/mol. The Bertz CT molecular complexity index is 242. The standard InChI is InChI=1S/C14H27NO3/c1-14(2,3)18-15(11-17)9-8-12-4-6-13(10-16)7-5-12/h11-13,16H,4-10H2,1-3H3. The molecule has 1 aliphatic carbocycles. The first kappa shape index (κ1) is 15.4. The predicted molar refractivity (Wildman–Crippen MR) is 70.8 cm³/mol. The van der Waals surface area contributed by atoms with Crippen LogP contribution in [-0.4, -0.2) is 35.3 Å². The van der Waals surface area contributed by atoms with E-state index in [9.17, 15) is 4.79 Å². The van der Waals surface area contributed by atoms with E-state index in [1.165, 1.54) is 5.06 Å². The molecule has 0 aromatic heterocycles. The van der Waals surface area contributed by atoms with Crippen LogP contribution in [-0.2, 0) is 9.63 Å². The number of rotatable bonds is 6. The van der Waals surface area contributed by atoms with Gasteiger partial charge in [0.2, 0.25) is 6.41 Å². The Morgan fingerprint density at radius 2 is 1.78 bits per heavy atom. The van der Waals surface area contributed by atoms with Gasteiger partial charge < -0.3 is 5.11 Å². The fraction of sp³-hybridized carbons (Fsp3) is 0.929. The molecule has 4 nitrogen and oxygen atoms in total. The molecule has 0 saturated heterocycles. The van der Waals surface area contributed by atoms with E-state index in [0.717, 1.165) is 38.5 Å². The van der Waals surface area contributed by atoms with Gasteiger partial charge in [-0.25, -0.2) is 5.06 Å². The molecule has 0 atom stereocenters. The van der Waals surface area contributed by atoms with Crippen LogP contribution < -0.4 is 0 Å². The van der Waals surface area contributed by atoms with E-state index >= 15 is 0 Å². The zero-order valence-electron chi connectivity index (χ0n) is 11.9. The Labute approximate surface area is 110 Å². The molecule has 0 spiro atoms. The molecule has 1 fully saturated rings. The highest BCUT2D eigenvalue weighted by atomic mass is 16.7. The summed E-state index contributed by atoms with van der Waals surface area (Å²) in [5, 5.41) is 10.5. The summed E-state index contributed by atoms with van der Waals surface area (Å²) in [5.41, 5.74) is -0.324. The van der Waals surface area contributed by atoms with Crippen molar-refractivity contribution in [2.45, 2.75) is 58.5 Å². The third-order valence-electron chi connectivity index (χ3n) is 3.49. The van der Waals surface area contributed by atoms with Crippen LogP contribution in [0, 0.1) is 11.8 Å². The Morgan fingerprint density at radius 3 is 2.22 bits per heavy atom. The summed E-state index contributed by atoms with van der Waals surface area (Å²) in [6, 6.07) is 0. The number of hydroxylamine groups is 2. The molecule has 0 bridgehead atoms. The van der Waals surface area contributed by atoms with Gasteiger partial charge in [0.25, 0.3) is 0 Å². The Kier molecular flexibility index (Phi) is 6.09. The SMILES string of the molecule is CC(C)(C)ON(C=O)CCC1CCC(CO)CC1. The lowest BCUT2D eigenvalue weighted by Gasteiger charge is -2.30. The normalized spacial score (nSPS) is 24.9. The molecule has 1 aliphatic rings. The quantitative estimate of drug-likeness (QED) is 0.587. The molecule has 0 aromatic carbocycles. The molecule has 0 radical (unpaired) electrons. The van der Waals surface area contributed by atoms with Crippen LogP contribution in [0.1, 0.15) is 52.9 Å². The second-order valence-electron chi connectivity index (χ2n) is 6.31. The van der Waals surface area contributed by atoms with E-state index < -0.39 is 0 Å². The van der Waals surface area contributed by atoms with E-state index in [1.54, 1.807) is 0 Å². The van der Waals surface area contributed by atoms with Crippen LogP contribution in [0.5, 0.6) is 0 Å². The zero-order valence-corrected chi connectivity index (χ0v) is 11.9. The highest BCUT2D eigenvalue weighted by molar-refractivity contribution is 5.44. The number of nitrogens with zero attached hydrogens (tertiary/aromatic N) is 1. The van der Waals surface area contributed by atoms with Gasteiger partial charge in [-0.1, -0.05) is 12.8 Å². The van der Waals surface area contributed by atoms with Crippen molar-refractivity contribution in [3.05, 3.63) is 0 Å². The summed E-state index contributed by atoms with van der Waals surface area (Å²) in [6.45, 7) is 6.80. The van der Waals surface area contributed by atoms with Crippen molar-refractivity contribution in [1.29, 1.82) is 0 Å². The summed E-state index contributed by atoms with van der Waals surface area (Å²) >= 11 is 0. The molecule has 1 amide bonds. The number of amides is 1. The van der Waals surface area contributed by atoms with Gasteiger partial charge in [0, 0.05) is 13.2 Å². The first-order chi connectivity index (χ1) is 8.44. The molecule has 0 heterocycles. The van der Waals surface area contributed by atoms with Crippen LogP contribution in [0.3, 0.4) is 0 Å². The first-order valence-electron chi connectivity index (χ1n) is 6.96. The Balaban J connectivity index is 2.25. The van der Waals surface area contributed by atoms with Crippen molar-refractivity contribution in [3.63, 3.8) is 0 Å². The second kappa shape index (κ2) is 7.10. The number of aliphatic hydroxyl groups excluding tert-OH is 1. The molecule has 1 N–H and O–H groups in total. The van der Waals surface area contributed by atoms with Crippen LogP contribution in [0.4, 0.5) is 0 Å². The maximum atomic E-state index is 10.9. The lowest BCUT2D eigenvalue weighted by Crippen LogP contribution is -2.34. The van der Waals surface area contributed by atoms with Crippen LogP contribution in [0.2, 0.25) is 0 Å². The summed E-state index contributed by atoms with van der Waals surface area (Å²) in [7, 11) is 0. The van der Waals surface area contributed by atoms with Crippen LogP contribution >= 0.6 is 0 Å². The average Bonchev–Trinajstić information content (AvgIpc) is 2.33. The summed E-state index contributed by atoms with van der Waals surface area (Å²) in [6.07, 6.45) is 6.31. The van der Waals surface area contributed by atoms with E-state index in [2.05, 4.69) is 0 Å². The van der Waals surface area contributed by atoms with Crippen molar-refractivity contribution >= 4 is 6.41 Å². The van der Waals surface area contributed by atoms with Gasteiger partial charge in [0.1, 0.15) is 0 Å². The third-order valence-corrected chi connectivity index (χ3v) is 3.49. The van der Waals surface area contributed by atoms with Gasteiger partial charge in [-0.05, 0) is 51.9 Å². The van der Waals surface area contributed by atoms with E-state index in [1.807, 2.05) is 20.8 Å². The van der Waals surface area contributed by atoms with Gasteiger partial charge in [-0.2, -0.15) is 0 Å². The largest absolute Gasteiger partial charge is 0.396 e. The van der Waals surface area contributed by atoms with E-state index in [0.29, 0.717) is 25.0 Å². The molecular formula is C14H27NO3. The van der Waals surface area contributed by atoms with Gasteiger partial charge in [0.05, 0.1) is 5.60 Å². The second-order valence-corrected chi connectivity index (χ2v) is 6.31. The zero-order chi connectivity index (χ0) is 13.6. The monoisotopic (exact) mass is 257 g/mol. The smallest absolute Gasteiger partial charge is 0.233 e. The number of hydrogen-bond acceptors (Lipinski definition) is 3. The summed E-state index contributed by atoms with van der Waals surface area (Å²) in [4.78, 5) is 16.5. The number of carbonyl (C=O) groups excluding carboxylic acids is 1. The molecule has 0 aliphatic heterocycles. The molecule has 18 heavy (non-hydrogen) atoms. The molecule has 1 saturated carbocycles. The van der Waals surface area contributed by atoms with Crippen LogP contribution in [0.15, 0.2) is 0 Å². The molecule has 0 aromatic rings. The van der Waals surface area contributed by atoms with Gasteiger partial charge in [-0.3, -0.25) is 9.63 Å². The maximum absolute atomic E-state index is 10.9. The number of hydrogen-bond donors (Lipinski definition) is 1. The average molecular weight is 257 g/mol. The number of carbonyl (C=O) groups is 1. The minimum Gasteiger partial charge on any atom is -0.396 e. The van der Waals surface area contributed by atoms with Gasteiger partial charge in [-0.15, -0.1) is 0 Å². The minimum atomic E-state index is -0.324. The van der Waals surface area contributed by atoms with Gasteiger partial charge >= 0.3 is 0 Å². The van der Waals surface area contributed by atoms with E-state index in [-0.39, 0.29) is 5.60 Å². The highest BCUT2D eigenvalue weighted by Crippen LogP contribution is 2.30. The van der Waals surface area contributed by atoms with Crippen molar-refractivity contribution in [1.82, 2.24) is 5.06 Å². The molecule has 106 valence electrons. The van der Waals surface area contributed by atoms with Crippen LogP contribution in [0.25, 0.3) is 0 Å². The maximum Gasteiger partial charge on any atom is 0.233 e. The molecule has 1 rings (SSSR count). The molecule has 4 heteroatoms. The van der Waals surface area contributed by atoms with E-state index in [4.69, 9.17) is 9.94 Å². The fourth-order valence-corrected chi connectivity index (χ4v) is 2.48. The van der Waals surface area contributed by atoms with Crippen molar-refractivity contribution in [2.75, 3.05) is 13.2 Å². The lowest BCUT2D eigenvalue weighted by atomic mass is 9.81. The highest BCUT2D eigenvalue weighted by Gasteiger charge is 2.22. The topological polar surface area (TPSA) is 49.8 Å². The third kappa shape index (κ3) is 5.83. The van der Waals surface area contributed by atoms with Crippen molar-refractivity contribution in [3.8, 4) is 0 Å². The fourth-order valence-electron chi connectivity index (χ4n) is 2.48. The summed E-state index contributed by atoms with van der Waals surface area (Å²) < 4.78 is 0. The van der Waals surface area contributed by atoms with Crippen molar-refractivity contribution in [2.24, 2.45) is 11.8 Å². The first-order valence-corrected chi connectivity index (χ1v) is 6.96. The Hall–Kier alpha value is -0.610. The number of aliphatic hydroxyl groups is 1. The minimum absolute atomic E-state index is 0.320. The van der Waals surface area contributed by atoms with Crippen molar-refractivity contribution < 1.29 is 14.7 Å².